The van der Waals surface area contributed by atoms with E-state index in [-0.39, 0.29) is 6.10 Å². The Bertz CT molecular complexity index is 121. The Balaban J connectivity index is 1.98. The van der Waals surface area contributed by atoms with Crippen LogP contribution in [0.1, 0.15) is 19.3 Å². The van der Waals surface area contributed by atoms with Gasteiger partial charge in [-0.25, -0.2) is 0 Å². The van der Waals surface area contributed by atoms with E-state index in [2.05, 4.69) is 11.6 Å². The summed E-state index contributed by atoms with van der Waals surface area (Å²) in [5, 5.41) is 12.9. The molecule has 0 spiro atoms. The van der Waals surface area contributed by atoms with Gasteiger partial charge in [-0.2, -0.15) is 11.8 Å². The zero-order valence-electron chi connectivity index (χ0n) is 7.75. The van der Waals surface area contributed by atoms with Gasteiger partial charge in [-0.3, -0.25) is 0 Å². The summed E-state index contributed by atoms with van der Waals surface area (Å²) in [5.74, 6) is 1.69. The average molecular weight is 189 g/mol. The van der Waals surface area contributed by atoms with E-state index in [9.17, 15) is 5.11 Å². The monoisotopic (exact) mass is 189 g/mol. The highest BCUT2D eigenvalue weighted by atomic mass is 32.2. The van der Waals surface area contributed by atoms with Gasteiger partial charge in [-0.1, -0.05) is 6.42 Å². The molecular weight excluding hydrogens is 170 g/mol. The van der Waals surface area contributed by atoms with E-state index in [0.29, 0.717) is 5.92 Å². The maximum Gasteiger partial charge on any atom is 0.0580 e. The molecule has 0 saturated heterocycles. The molecule has 2 nitrogen and oxygen atoms in total. The first kappa shape index (κ1) is 10.4. The van der Waals surface area contributed by atoms with Crippen molar-refractivity contribution in [1.29, 1.82) is 0 Å². The Kier molecular flexibility index (Phi) is 5.04. The summed E-state index contributed by atoms with van der Waals surface area (Å²) in [6.07, 6.45) is 5.50. The second kappa shape index (κ2) is 5.84. The molecule has 2 unspecified atom stereocenters. The van der Waals surface area contributed by atoms with E-state index in [1.165, 1.54) is 18.6 Å². The summed E-state index contributed by atoms with van der Waals surface area (Å²) in [7, 11) is 0. The highest BCUT2D eigenvalue weighted by Gasteiger charge is 2.24. The van der Waals surface area contributed by atoms with E-state index in [0.717, 1.165) is 19.5 Å². The van der Waals surface area contributed by atoms with Crippen LogP contribution in [0.2, 0.25) is 0 Å². The highest BCUT2D eigenvalue weighted by molar-refractivity contribution is 7.98. The molecule has 0 radical (unpaired) electrons. The van der Waals surface area contributed by atoms with Gasteiger partial charge in [0.15, 0.2) is 0 Å². The van der Waals surface area contributed by atoms with Crippen molar-refractivity contribution in [2.75, 3.05) is 25.1 Å². The van der Waals surface area contributed by atoms with Crippen LogP contribution in [0.15, 0.2) is 0 Å². The van der Waals surface area contributed by atoms with Crippen LogP contribution < -0.4 is 5.32 Å². The van der Waals surface area contributed by atoms with Crippen molar-refractivity contribution in [2.24, 2.45) is 5.92 Å². The molecule has 72 valence electrons. The van der Waals surface area contributed by atoms with Crippen LogP contribution in [-0.4, -0.2) is 36.3 Å². The molecule has 0 bridgehead atoms. The first-order valence-electron chi connectivity index (χ1n) is 4.72. The zero-order valence-corrected chi connectivity index (χ0v) is 8.57. The second-order valence-corrected chi connectivity index (χ2v) is 4.44. The number of nitrogens with one attached hydrogen (secondary N) is 1. The molecule has 0 aromatic carbocycles. The van der Waals surface area contributed by atoms with Crippen molar-refractivity contribution in [2.45, 2.75) is 25.4 Å². The lowest BCUT2D eigenvalue weighted by atomic mass is 10.1. The molecular formula is C9H19NOS. The minimum atomic E-state index is -0.0354. The Morgan fingerprint density at radius 3 is 2.92 bits per heavy atom. The Hall–Kier alpha value is 0.270. The van der Waals surface area contributed by atoms with E-state index < -0.39 is 0 Å². The third-order valence-electron chi connectivity index (χ3n) is 2.51. The lowest BCUT2D eigenvalue weighted by Crippen LogP contribution is -2.29. The smallest absolute Gasteiger partial charge is 0.0580 e. The lowest BCUT2D eigenvalue weighted by molar-refractivity contribution is 0.132. The minimum absolute atomic E-state index is 0.0354. The topological polar surface area (TPSA) is 32.3 Å². The Morgan fingerprint density at radius 1 is 1.50 bits per heavy atom. The van der Waals surface area contributed by atoms with Crippen LogP contribution in [0.4, 0.5) is 0 Å². The van der Waals surface area contributed by atoms with Crippen LogP contribution in [0.5, 0.6) is 0 Å². The standard InChI is InChI=1S/C9H19NOS/c1-12-6-5-10-7-8-3-2-4-9(8)11/h8-11H,2-7H2,1H3. The van der Waals surface area contributed by atoms with Gasteiger partial charge in [-0.15, -0.1) is 0 Å². The van der Waals surface area contributed by atoms with Gasteiger partial charge in [0.05, 0.1) is 6.10 Å². The van der Waals surface area contributed by atoms with Gasteiger partial charge in [-0.05, 0) is 25.0 Å². The molecule has 0 heterocycles. The molecule has 0 aromatic heterocycles. The molecule has 2 atom stereocenters. The summed E-state index contributed by atoms with van der Waals surface area (Å²) in [4.78, 5) is 0. The fourth-order valence-electron chi connectivity index (χ4n) is 1.72. The van der Waals surface area contributed by atoms with Crippen LogP contribution in [0.3, 0.4) is 0 Å². The third kappa shape index (κ3) is 3.33. The maximum atomic E-state index is 9.50. The molecule has 12 heavy (non-hydrogen) atoms. The zero-order chi connectivity index (χ0) is 8.81. The van der Waals surface area contributed by atoms with Crippen molar-refractivity contribution in [3.05, 3.63) is 0 Å². The molecule has 1 fully saturated rings. The van der Waals surface area contributed by atoms with Crippen LogP contribution >= 0.6 is 11.8 Å². The fraction of sp³-hybridized carbons (Fsp3) is 1.00. The van der Waals surface area contributed by atoms with Crippen molar-refractivity contribution in [1.82, 2.24) is 5.32 Å². The second-order valence-electron chi connectivity index (χ2n) is 3.46. The van der Waals surface area contributed by atoms with Crippen molar-refractivity contribution < 1.29 is 5.11 Å². The highest BCUT2D eigenvalue weighted by Crippen LogP contribution is 2.24. The number of aliphatic hydroxyl groups is 1. The average Bonchev–Trinajstić information content (AvgIpc) is 2.46. The normalized spacial score (nSPS) is 29.5. The van der Waals surface area contributed by atoms with Crippen molar-refractivity contribution in [3.63, 3.8) is 0 Å². The fourth-order valence-corrected chi connectivity index (χ4v) is 2.07. The first-order chi connectivity index (χ1) is 5.84. The molecule has 1 aliphatic carbocycles. The summed E-state index contributed by atoms with van der Waals surface area (Å²) in [6, 6.07) is 0. The SMILES string of the molecule is CSCCNCC1CCCC1O. The Labute approximate surface area is 79.1 Å². The molecule has 3 heteroatoms. The lowest BCUT2D eigenvalue weighted by Gasteiger charge is -2.14. The molecule has 2 N–H and O–H groups in total. The van der Waals surface area contributed by atoms with Gasteiger partial charge in [0.1, 0.15) is 0 Å². The number of aliphatic hydroxyl groups excluding tert-OH is 1. The van der Waals surface area contributed by atoms with Crippen LogP contribution in [0.25, 0.3) is 0 Å². The number of hydrogen-bond acceptors (Lipinski definition) is 3. The summed E-state index contributed by atoms with van der Waals surface area (Å²) in [5.41, 5.74) is 0. The number of thioether (sulfide) groups is 1. The number of hydrogen-bond donors (Lipinski definition) is 2. The quantitative estimate of drug-likeness (QED) is 0.635. The Morgan fingerprint density at radius 2 is 2.33 bits per heavy atom. The maximum absolute atomic E-state index is 9.50. The molecule has 0 amide bonds. The largest absolute Gasteiger partial charge is 0.393 e. The van der Waals surface area contributed by atoms with Gasteiger partial charge < -0.3 is 10.4 Å². The van der Waals surface area contributed by atoms with E-state index in [1.54, 1.807) is 0 Å². The first-order valence-corrected chi connectivity index (χ1v) is 6.11. The minimum Gasteiger partial charge on any atom is -0.393 e. The third-order valence-corrected chi connectivity index (χ3v) is 3.12. The van der Waals surface area contributed by atoms with Crippen molar-refractivity contribution >= 4 is 11.8 Å². The molecule has 0 aliphatic heterocycles. The summed E-state index contributed by atoms with van der Waals surface area (Å²) >= 11 is 1.86. The van der Waals surface area contributed by atoms with E-state index >= 15 is 0 Å². The van der Waals surface area contributed by atoms with E-state index in [4.69, 9.17) is 0 Å². The molecule has 1 aliphatic rings. The van der Waals surface area contributed by atoms with E-state index in [1.807, 2.05) is 11.8 Å². The van der Waals surface area contributed by atoms with Gasteiger partial charge in [0.2, 0.25) is 0 Å². The van der Waals surface area contributed by atoms with Gasteiger partial charge >= 0.3 is 0 Å². The summed E-state index contributed by atoms with van der Waals surface area (Å²) in [6.45, 7) is 2.08. The number of rotatable bonds is 5. The molecule has 1 rings (SSSR count). The molecule has 1 saturated carbocycles. The predicted octanol–water partition coefficient (Wildman–Crippen LogP) is 1.10. The van der Waals surface area contributed by atoms with Gasteiger partial charge in [0, 0.05) is 18.8 Å². The summed E-state index contributed by atoms with van der Waals surface area (Å²) < 4.78 is 0. The van der Waals surface area contributed by atoms with Crippen LogP contribution in [0, 0.1) is 5.92 Å². The predicted molar refractivity (Wildman–Crippen MR) is 54.6 cm³/mol. The van der Waals surface area contributed by atoms with Crippen molar-refractivity contribution in [3.8, 4) is 0 Å². The molecule has 0 aromatic rings. The van der Waals surface area contributed by atoms with Gasteiger partial charge in [0.25, 0.3) is 0 Å². The van der Waals surface area contributed by atoms with Crippen LogP contribution in [-0.2, 0) is 0 Å².